The second-order valence-corrected chi connectivity index (χ2v) is 14.6. The SMILES string of the molecule is Cc1cccc(C)c1-c1c(C)nn(-c2[c-]c(Oc3[c-]c4c(cc3)c3ccccc3n4-c3cc(C(C)C)ccn3)cc(C(C)C)c2)c1CC(C)C.[Pt+2]. The molecule has 0 bridgehead atoms. The standard InChI is InChI=1S/C45H46N4O.Pt/c1-27(2)21-42-45(44-30(7)13-12-14-31(44)8)32(9)47-49(42)35-22-34(29(5)6)23-37(25-35)50-36-17-18-39-38-15-10-11-16-40(38)48(41(39)26-36)43-24-33(28(3)4)19-20-46-43;/h10-20,22-24,27-29H,21H2,1-9H3;/q-2;+2. The summed E-state index contributed by atoms with van der Waals surface area (Å²) in [6, 6.07) is 35.0. The molecule has 7 rings (SSSR count). The van der Waals surface area contributed by atoms with Crippen LogP contribution in [0.4, 0.5) is 0 Å². The molecule has 0 N–H and O–H groups in total. The molecule has 0 atom stereocenters. The van der Waals surface area contributed by atoms with Crippen molar-refractivity contribution in [1.82, 2.24) is 19.3 Å². The first-order chi connectivity index (χ1) is 24.0. The second kappa shape index (κ2) is 14.6. The van der Waals surface area contributed by atoms with Crippen molar-refractivity contribution in [3.8, 4) is 34.1 Å². The van der Waals surface area contributed by atoms with Crippen molar-refractivity contribution in [2.45, 2.75) is 80.6 Å². The first-order valence-corrected chi connectivity index (χ1v) is 17.8. The van der Waals surface area contributed by atoms with Crippen LogP contribution >= 0.6 is 0 Å². The molecule has 7 aromatic rings. The predicted octanol–water partition coefficient (Wildman–Crippen LogP) is 11.8. The number of fused-ring (bicyclic) bond motifs is 3. The summed E-state index contributed by atoms with van der Waals surface area (Å²) in [5.41, 5.74) is 12.5. The van der Waals surface area contributed by atoms with Crippen LogP contribution in [0.1, 0.15) is 87.0 Å². The number of nitrogens with zero attached hydrogens (tertiary/aromatic N) is 4. The van der Waals surface area contributed by atoms with E-state index in [9.17, 15) is 0 Å². The molecule has 6 heteroatoms. The smallest absolute Gasteiger partial charge is 0.509 e. The molecule has 3 aromatic heterocycles. The first kappa shape index (κ1) is 36.3. The Balaban J connectivity index is 0.00000448. The number of benzene rings is 4. The van der Waals surface area contributed by atoms with Crippen LogP contribution in [-0.4, -0.2) is 19.3 Å². The molecule has 262 valence electrons. The van der Waals surface area contributed by atoms with Crippen molar-refractivity contribution >= 4 is 21.8 Å². The topological polar surface area (TPSA) is 44.9 Å². The maximum Gasteiger partial charge on any atom is 2.00 e. The minimum atomic E-state index is 0. The Morgan fingerprint density at radius 3 is 2.14 bits per heavy atom. The number of hydrogen-bond donors (Lipinski definition) is 0. The van der Waals surface area contributed by atoms with Gasteiger partial charge in [-0.3, -0.25) is 4.68 Å². The van der Waals surface area contributed by atoms with Crippen LogP contribution in [0.5, 0.6) is 11.5 Å². The van der Waals surface area contributed by atoms with Crippen molar-refractivity contribution in [3.05, 3.63) is 131 Å². The third kappa shape index (κ3) is 6.94. The molecule has 5 nitrogen and oxygen atoms in total. The van der Waals surface area contributed by atoms with Gasteiger partial charge in [-0.05, 0) is 96.5 Å². The molecule has 0 radical (unpaired) electrons. The van der Waals surface area contributed by atoms with E-state index in [1.165, 1.54) is 33.5 Å². The van der Waals surface area contributed by atoms with E-state index in [2.05, 4.69) is 156 Å². The Labute approximate surface area is 317 Å². The number of ether oxygens (including phenoxy) is 1. The third-order valence-electron chi connectivity index (χ3n) is 9.68. The number of aromatic nitrogens is 4. The molecule has 0 fully saturated rings. The van der Waals surface area contributed by atoms with Crippen LogP contribution in [0.3, 0.4) is 0 Å². The van der Waals surface area contributed by atoms with Crippen LogP contribution in [0, 0.1) is 38.8 Å². The van der Waals surface area contributed by atoms with Crippen molar-refractivity contribution in [1.29, 1.82) is 0 Å². The Morgan fingerprint density at radius 1 is 0.706 bits per heavy atom. The summed E-state index contributed by atoms with van der Waals surface area (Å²) < 4.78 is 11.0. The summed E-state index contributed by atoms with van der Waals surface area (Å²) in [6.45, 7) is 19.9. The maximum absolute atomic E-state index is 6.68. The van der Waals surface area contributed by atoms with Crippen LogP contribution in [0.25, 0.3) is 44.4 Å². The number of para-hydroxylation sites is 1. The van der Waals surface area contributed by atoms with Gasteiger partial charge in [-0.25, -0.2) is 4.98 Å². The van der Waals surface area contributed by atoms with E-state index in [0.717, 1.165) is 51.0 Å². The minimum Gasteiger partial charge on any atom is -0.509 e. The molecular formula is C45H46N4OPt. The van der Waals surface area contributed by atoms with Gasteiger partial charge in [0.1, 0.15) is 5.82 Å². The van der Waals surface area contributed by atoms with E-state index in [4.69, 9.17) is 14.8 Å². The van der Waals surface area contributed by atoms with E-state index >= 15 is 0 Å². The minimum absolute atomic E-state index is 0. The number of pyridine rings is 1. The molecular weight excluding hydrogens is 808 g/mol. The van der Waals surface area contributed by atoms with Gasteiger partial charge >= 0.3 is 21.1 Å². The quantitative estimate of drug-likeness (QED) is 0.136. The van der Waals surface area contributed by atoms with Gasteiger partial charge in [0.05, 0.1) is 11.4 Å². The molecule has 4 aromatic carbocycles. The zero-order valence-electron chi connectivity index (χ0n) is 31.0. The summed E-state index contributed by atoms with van der Waals surface area (Å²) in [4.78, 5) is 4.81. The molecule has 0 saturated heterocycles. The van der Waals surface area contributed by atoms with Crippen LogP contribution in [0.2, 0.25) is 0 Å². The molecule has 0 spiro atoms. The van der Waals surface area contributed by atoms with E-state index < -0.39 is 0 Å². The van der Waals surface area contributed by atoms with Gasteiger partial charge in [0.2, 0.25) is 0 Å². The van der Waals surface area contributed by atoms with Crippen LogP contribution in [0.15, 0.2) is 85.1 Å². The largest absolute Gasteiger partial charge is 2.00 e. The van der Waals surface area contributed by atoms with Gasteiger partial charge in [-0.15, -0.1) is 41.3 Å². The van der Waals surface area contributed by atoms with E-state index in [1.54, 1.807) is 0 Å². The zero-order chi connectivity index (χ0) is 35.3. The van der Waals surface area contributed by atoms with Gasteiger partial charge in [0.15, 0.2) is 0 Å². The predicted molar refractivity (Wildman–Crippen MR) is 206 cm³/mol. The van der Waals surface area contributed by atoms with Gasteiger partial charge in [-0.2, -0.15) is 11.2 Å². The molecule has 0 aliphatic rings. The van der Waals surface area contributed by atoms with Crippen molar-refractivity contribution < 1.29 is 25.8 Å². The summed E-state index contributed by atoms with van der Waals surface area (Å²) in [5.74, 6) is 3.25. The molecule has 0 aliphatic heterocycles. The monoisotopic (exact) mass is 853 g/mol. The number of aryl methyl sites for hydroxylation is 3. The summed E-state index contributed by atoms with van der Waals surface area (Å²) in [7, 11) is 0. The molecule has 51 heavy (non-hydrogen) atoms. The zero-order valence-corrected chi connectivity index (χ0v) is 33.3. The maximum atomic E-state index is 6.68. The van der Waals surface area contributed by atoms with Gasteiger partial charge < -0.3 is 9.30 Å². The van der Waals surface area contributed by atoms with E-state index in [1.807, 2.05) is 12.3 Å². The van der Waals surface area contributed by atoms with Crippen molar-refractivity contribution in [3.63, 3.8) is 0 Å². The average Bonchev–Trinajstić information content (AvgIpc) is 3.58. The van der Waals surface area contributed by atoms with Crippen LogP contribution in [-0.2, 0) is 27.5 Å². The van der Waals surface area contributed by atoms with E-state index in [-0.39, 0.29) is 27.0 Å². The van der Waals surface area contributed by atoms with E-state index in [0.29, 0.717) is 23.3 Å². The number of rotatable bonds is 9. The summed E-state index contributed by atoms with van der Waals surface area (Å²) in [6.07, 6.45) is 2.79. The summed E-state index contributed by atoms with van der Waals surface area (Å²) in [5, 5.41) is 7.45. The first-order valence-electron chi connectivity index (χ1n) is 17.8. The van der Waals surface area contributed by atoms with Gasteiger partial charge in [-0.1, -0.05) is 83.5 Å². The fraction of sp³-hybridized carbons (Fsp3) is 0.289. The fourth-order valence-electron chi connectivity index (χ4n) is 7.14. The van der Waals surface area contributed by atoms with Crippen LogP contribution < -0.4 is 4.74 Å². The fourth-order valence-corrected chi connectivity index (χ4v) is 7.14. The Morgan fingerprint density at radius 2 is 1.43 bits per heavy atom. The second-order valence-electron chi connectivity index (χ2n) is 14.6. The Hall–Kier alpha value is -4.47. The Kier molecular flexibility index (Phi) is 10.4. The van der Waals surface area contributed by atoms with Gasteiger partial charge in [0, 0.05) is 28.8 Å². The third-order valence-corrected chi connectivity index (χ3v) is 9.68. The average molecular weight is 854 g/mol. The van der Waals surface area contributed by atoms with Crippen molar-refractivity contribution in [2.24, 2.45) is 5.92 Å². The Bertz CT molecular complexity index is 2340. The summed E-state index contributed by atoms with van der Waals surface area (Å²) >= 11 is 0. The molecule has 0 saturated carbocycles. The molecule has 0 aliphatic carbocycles. The van der Waals surface area contributed by atoms with Gasteiger partial charge in [0.25, 0.3) is 0 Å². The normalized spacial score (nSPS) is 11.7. The molecule has 0 amide bonds. The van der Waals surface area contributed by atoms with Crippen molar-refractivity contribution in [2.75, 3.05) is 0 Å². The molecule has 0 unspecified atom stereocenters. The molecule has 3 heterocycles. The number of hydrogen-bond acceptors (Lipinski definition) is 3.